The van der Waals surface area contributed by atoms with Gasteiger partial charge in [-0.15, -0.1) is 0 Å². The minimum Gasteiger partial charge on any atom is -1.00 e. The molecule has 0 aliphatic rings. The number of carboxylic acids is 1. The maximum absolute atomic E-state index is 11.6. The van der Waals surface area contributed by atoms with Crippen molar-refractivity contribution < 1.29 is 26.7 Å². The van der Waals surface area contributed by atoms with Crippen LogP contribution in [0.15, 0.2) is 41.1 Å². The summed E-state index contributed by atoms with van der Waals surface area (Å²) in [5.41, 5.74) is 0.120. The van der Waals surface area contributed by atoms with E-state index in [9.17, 15) is 9.59 Å². The van der Waals surface area contributed by atoms with E-state index in [2.05, 4.69) is 4.98 Å². The van der Waals surface area contributed by atoms with Gasteiger partial charge in [0.1, 0.15) is 6.26 Å². The summed E-state index contributed by atoms with van der Waals surface area (Å²) in [5, 5.41) is 8.76. The molecule has 2 aromatic rings. The van der Waals surface area contributed by atoms with Crippen LogP contribution >= 0.6 is 0 Å². The normalized spacial score (nSPS) is 9.33. The number of nitrogens with zero attached hydrogens (tertiary/aromatic N) is 1. The molecule has 18 heavy (non-hydrogen) atoms. The third-order valence-electron chi connectivity index (χ3n) is 1.93. The van der Waals surface area contributed by atoms with Crippen molar-refractivity contribution in [2.45, 2.75) is 0 Å². The van der Waals surface area contributed by atoms with Gasteiger partial charge in [0.2, 0.25) is 0 Å². The van der Waals surface area contributed by atoms with Crippen LogP contribution in [0.1, 0.15) is 23.6 Å². The van der Waals surface area contributed by atoms with E-state index in [-0.39, 0.29) is 57.8 Å². The van der Waals surface area contributed by atoms with E-state index in [1.807, 2.05) is 0 Å². The number of oxazole rings is 1. The number of carboxylic acid groups (broad SMARTS) is 1. The Morgan fingerprint density at radius 2 is 2.06 bits per heavy atom. The first-order valence-electron chi connectivity index (χ1n) is 4.62. The Morgan fingerprint density at radius 1 is 1.33 bits per heavy atom. The van der Waals surface area contributed by atoms with Crippen LogP contribution in [0.4, 0.5) is 0 Å². The molecule has 0 radical (unpaired) electrons. The smallest absolute Gasteiger partial charge is 1.00 e. The number of hydrogen-bond acceptors (Lipinski definition) is 5. The zero-order valence-electron chi connectivity index (χ0n) is 11.2. The monoisotopic (exact) mass is 275 g/mol. The van der Waals surface area contributed by atoms with Crippen LogP contribution in [0.3, 0.4) is 0 Å². The number of carbonyl (C=O) groups is 2. The molecule has 0 unspecified atom stereocenters. The zero-order chi connectivity index (χ0) is 12.3. The molecule has 90 valence electrons. The van der Waals surface area contributed by atoms with Crippen LogP contribution < -0.4 is 4.74 Å². The van der Waals surface area contributed by atoms with E-state index in [1.54, 1.807) is 0 Å². The topological polar surface area (TPSA) is 89.6 Å². The first kappa shape index (κ1) is 14.7. The minimum atomic E-state index is -1.12. The van der Waals surface area contributed by atoms with E-state index in [0.29, 0.717) is 0 Å². The van der Waals surface area contributed by atoms with E-state index in [1.165, 1.54) is 36.7 Å². The van der Waals surface area contributed by atoms with Crippen molar-refractivity contribution in [2.75, 3.05) is 0 Å². The molecule has 0 atom stereocenters. The quantitative estimate of drug-likeness (QED) is 0.673. The number of benzene rings is 1. The Morgan fingerprint density at radius 3 is 2.67 bits per heavy atom. The molecule has 1 N–H and O–H groups in total. The molecular weight excluding hydrogens is 266 g/mol. The molecule has 0 saturated heterocycles. The number of carbonyl (C=O) groups excluding carboxylic acids is 1. The van der Waals surface area contributed by atoms with Crippen molar-refractivity contribution in [2.24, 2.45) is 0 Å². The molecule has 1 heterocycles. The standard InChI is InChI=1S/C11H7NO5.Ca.2H/c13-9(14)7-2-1-3-8(6-7)10(15)17-11-12-4-5-16-11;;;/h1-6H,(H,13,14);;;/q;+2;2*-1. The maximum atomic E-state index is 11.6. The molecule has 0 saturated carbocycles. The van der Waals surface area contributed by atoms with Gasteiger partial charge in [0.25, 0.3) is 0 Å². The van der Waals surface area contributed by atoms with Crippen LogP contribution in [0.5, 0.6) is 6.08 Å². The fraction of sp³-hybridized carbons (Fsp3) is 0. The van der Waals surface area contributed by atoms with Gasteiger partial charge in [-0.1, -0.05) is 6.07 Å². The molecule has 1 aromatic heterocycles. The van der Waals surface area contributed by atoms with Crippen LogP contribution in [0.2, 0.25) is 0 Å². The molecule has 0 amide bonds. The summed E-state index contributed by atoms with van der Waals surface area (Å²) >= 11 is 0. The Kier molecular flexibility index (Phi) is 5.33. The Bertz CT molecular complexity index is 562. The van der Waals surface area contributed by atoms with E-state index >= 15 is 0 Å². The van der Waals surface area contributed by atoms with E-state index < -0.39 is 11.9 Å². The summed E-state index contributed by atoms with van der Waals surface area (Å²) in [4.78, 5) is 25.9. The number of esters is 1. The number of hydrogen-bond donors (Lipinski definition) is 1. The largest absolute Gasteiger partial charge is 2.00 e. The number of rotatable bonds is 3. The van der Waals surface area contributed by atoms with Gasteiger partial charge >= 0.3 is 55.8 Å². The van der Waals surface area contributed by atoms with Crippen molar-refractivity contribution in [3.05, 3.63) is 47.9 Å². The second-order valence-electron chi connectivity index (χ2n) is 3.07. The van der Waals surface area contributed by atoms with Gasteiger partial charge in [-0.3, -0.25) is 0 Å². The third kappa shape index (κ3) is 3.56. The third-order valence-corrected chi connectivity index (χ3v) is 1.93. The van der Waals surface area contributed by atoms with Gasteiger partial charge < -0.3 is 17.1 Å². The van der Waals surface area contributed by atoms with Crippen LogP contribution in [0.25, 0.3) is 0 Å². The Hall–Kier alpha value is -1.37. The molecule has 0 aliphatic heterocycles. The first-order chi connectivity index (χ1) is 8.16. The summed E-state index contributed by atoms with van der Waals surface area (Å²) < 4.78 is 9.50. The minimum absolute atomic E-state index is 0. The summed E-state index contributed by atoms with van der Waals surface area (Å²) in [6, 6.07) is 5.49. The molecular formula is C11H9CaNO5. The second-order valence-corrected chi connectivity index (χ2v) is 3.07. The maximum Gasteiger partial charge on any atom is 2.00 e. The molecule has 1 aromatic carbocycles. The van der Waals surface area contributed by atoms with E-state index in [0.717, 1.165) is 0 Å². The van der Waals surface area contributed by atoms with Gasteiger partial charge in [-0.25, -0.2) is 9.59 Å². The van der Waals surface area contributed by atoms with Gasteiger partial charge in [0, 0.05) is 0 Å². The fourth-order valence-electron chi connectivity index (χ4n) is 1.18. The predicted molar refractivity (Wildman–Crippen MR) is 62.8 cm³/mol. The molecule has 0 aliphatic carbocycles. The Labute approximate surface area is 135 Å². The summed E-state index contributed by atoms with van der Waals surface area (Å²) in [7, 11) is 0. The molecule has 0 fully saturated rings. The molecule has 0 spiro atoms. The zero-order valence-corrected chi connectivity index (χ0v) is 11.4. The van der Waals surface area contributed by atoms with Crippen molar-refractivity contribution >= 4 is 49.7 Å². The van der Waals surface area contributed by atoms with Gasteiger partial charge in [0.15, 0.2) is 0 Å². The van der Waals surface area contributed by atoms with Gasteiger partial charge in [-0.05, 0) is 18.2 Å². The van der Waals surface area contributed by atoms with Crippen molar-refractivity contribution in [1.82, 2.24) is 4.98 Å². The van der Waals surface area contributed by atoms with Crippen LogP contribution in [0, 0.1) is 0 Å². The average molecular weight is 275 g/mol. The number of aromatic carboxylic acids is 1. The predicted octanol–water partition coefficient (Wildman–Crippen LogP) is 1.44. The number of aromatic nitrogens is 1. The van der Waals surface area contributed by atoms with Crippen LogP contribution in [-0.4, -0.2) is 59.8 Å². The molecule has 6 nitrogen and oxygen atoms in total. The fourth-order valence-corrected chi connectivity index (χ4v) is 1.18. The van der Waals surface area contributed by atoms with E-state index in [4.69, 9.17) is 14.3 Å². The van der Waals surface area contributed by atoms with Crippen LogP contribution in [-0.2, 0) is 0 Å². The van der Waals surface area contributed by atoms with Crippen molar-refractivity contribution in [1.29, 1.82) is 0 Å². The van der Waals surface area contributed by atoms with Gasteiger partial charge in [0.05, 0.1) is 17.3 Å². The van der Waals surface area contributed by atoms with Crippen molar-refractivity contribution in [3.8, 4) is 6.08 Å². The second kappa shape index (κ2) is 6.53. The number of ether oxygens (including phenoxy) is 1. The molecule has 2 rings (SSSR count). The summed E-state index contributed by atoms with van der Waals surface area (Å²) in [6.07, 6.45) is 2.41. The summed E-state index contributed by atoms with van der Waals surface area (Å²) in [5.74, 6) is -1.84. The van der Waals surface area contributed by atoms with Crippen molar-refractivity contribution in [3.63, 3.8) is 0 Å². The SMILES string of the molecule is O=C(O)c1cccc(C(=O)Oc2ncco2)c1.[Ca+2].[H-].[H-]. The van der Waals surface area contributed by atoms with Gasteiger partial charge in [-0.2, -0.15) is 4.98 Å². The molecule has 0 bridgehead atoms. The molecule has 7 heteroatoms. The average Bonchev–Trinajstić information content (AvgIpc) is 2.82. The Balaban J connectivity index is 0. The first-order valence-corrected chi connectivity index (χ1v) is 4.62. The summed E-state index contributed by atoms with van der Waals surface area (Å²) in [6.45, 7) is 0.